The van der Waals surface area contributed by atoms with E-state index in [0.717, 1.165) is 26.5 Å². The third-order valence-electron chi connectivity index (χ3n) is 3.27. The SMILES string of the molecule is Cc1c(N)nc(C2CC2)nc1Nc1ccccc1I. The van der Waals surface area contributed by atoms with E-state index in [2.05, 4.69) is 43.9 Å². The summed E-state index contributed by atoms with van der Waals surface area (Å²) in [5.74, 6) is 2.76. The third kappa shape index (κ3) is 2.65. The number of hydrogen-bond donors (Lipinski definition) is 2. The van der Waals surface area contributed by atoms with E-state index in [-0.39, 0.29) is 0 Å². The number of nitrogens with two attached hydrogens (primary N) is 1. The average molecular weight is 366 g/mol. The lowest BCUT2D eigenvalue weighted by Gasteiger charge is -2.12. The predicted octanol–water partition coefficient (Wildman–Crippen LogP) is 3.59. The van der Waals surface area contributed by atoms with Crippen molar-refractivity contribution in [2.75, 3.05) is 11.1 Å². The highest BCUT2D eigenvalue weighted by molar-refractivity contribution is 14.1. The molecule has 1 fully saturated rings. The largest absolute Gasteiger partial charge is 0.383 e. The number of benzene rings is 1. The highest BCUT2D eigenvalue weighted by atomic mass is 127. The van der Waals surface area contributed by atoms with Crippen LogP contribution in [0, 0.1) is 10.5 Å². The van der Waals surface area contributed by atoms with Gasteiger partial charge in [-0.1, -0.05) is 12.1 Å². The van der Waals surface area contributed by atoms with Crippen LogP contribution in [0.2, 0.25) is 0 Å². The molecule has 5 heteroatoms. The Morgan fingerprint density at radius 3 is 2.68 bits per heavy atom. The molecule has 0 aliphatic heterocycles. The number of anilines is 3. The molecule has 98 valence electrons. The molecule has 3 N–H and O–H groups in total. The van der Waals surface area contributed by atoms with E-state index in [1.807, 2.05) is 25.1 Å². The molecular weight excluding hydrogens is 351 g/mol. The third-order valence-corrected chi connectivity index (χ3v) is 4.21. The van der Waals surface area contributed by atoms with Crippen molar-refractivity contribution in [3.63, 3.8) is 0 Å². The van der Waals surface area contributed by atoms with Gasteiger partial charge >= 0.3 is 0 Å². The summed E-state index contributed by atoms with van der Waals surface area (Å²) in [7, 11) is 0. The first-order valence-corrected chi connectivity index (χ1v) is 7.38. The maximum absolute atomic E-state index is 5.99. The van der Waals surface area contributed by atoms with E-state index in [9.17, 15) is 0 Å². The second-order valence-corrected chi connectivity index (χ2v) is 5.98. The molecule has 2 aromatic rings. The van der Waals surface area contributed by atoms with Crippen molar-refractivity contribution in [1.29, 1.82) is 0 Å². The van der Waals surface area contributed by atoms with Gasteiger partial charge in [-0.15, -0.1) is 0 Å². The minimum absolute atomic E-state index is 0.498. The van der Waals surface area contributed by atoms with Gasteiger partial charge in [0.25, 0.3) is 0 Å². The van der Waals surface area contributed by atoms with E-state index >= 15 is 0 Å². The Morgan fingerprint density at radius 2 is 2.00 bits per heavy atom. The highest BCUT2D eigenvalue weighted by Gasteiger charge is 2.27. The fraction of sp³-hybridized carbons (Fsp3) is 0.286. The molecule has 1 saturated carbocycles. The van der Waals surface area contributed by atoms with Crippen molar-refractivity contribution in [3.05, 3.63) is 39.2 Å². The molecule has 4 nitrogen and oxygen atoms in total. The van der Waals surface area contributed by atoms with E-state index in [1.54, 1.807) is 0 Å². The zero-order valence-electron chi connectivity index (χ0n) is 10.7. The quantitative estimate of drug-likeness (QED) is 0.815. The van der Waals surface area contributed by atoms with Gasteiger partial charge in [0.15, 0.2) is 0 Å². The molecule has 3 rings (SSSR count). The molecule has 1 aromatic carbocycles. The Hall–Kier alpha value is -1.37. The number of nitrogens with zero attached hydrogens (tertiary/aromatic N) is 2. The lowest BCUT2D eigenvalue weighted by molar-refractivity contribution is 0.927. The lowest BCUT2D eigenvalue weighted by atomic mass is 10.2. The molecule has 1 aliphatic rings. The number of para-hydroxylation sites is 1. The van der Waals surface area contributed by atoms with Crippen molar-refractivity contribution >= 4 is 39.9 Å². The predicted molar refractivity (Wildman–Crippen MR) is 85.6 cm³/mol. The molecule has 1 heterocycles. The van der Waals surface area contributed by atoms with E-state index in [1.165, 1.54) is 12.8 Å². The van der Waals surface area contributed by atoms with Crippen LogP contribution in [0.1, 0.15) is 30.1 Å². The van der Waals surface area contributed by atoms with Crippen LogP contribution in [0.4, 0.5) is 17.3 Å². The van der Waals surface area contributed by atoms with Gasteiger partial charge in [0.2, 0.25) is 0 Å². The zero-order valence-corrected chi connectivity index (χ0v) is 12.8. The Bertz CT molecular complexity index is 623. The standard InChI is InChI=1S/C14H15IN4/c1-8-12(16)18-14(9-6-7-9)19-13(8)17-11-5-3-2-4-10(11)15/h2-5,9H,6-7H2,1H3,(H3,16,17,18,19). The molecule has 0 atom stereocenters. The normalized spacial score (nSPS) is 14.4. The zero-order chi connectivity index (χ0) is 13.4. The molecule has 0 saturated heterocycles. The topological polar surface area (TPSA) is 63.8 Å². The molecule has 0 unspecified atom stereocenters. The van der Waals surface area contributed by atoms with Gasteiger partial charge in [-0.2, -0.15) is 0 Å². The first kappa shape index (κ1) is 12.7. The van der Waals surface area contributed by atoms with Crippen molar-refractivity contribution in [2.45, 2.75) is 25.7 Å². The summed E-state index contributed by atoms with van der Waals surface area (Å²) in [6.07, 6.45) is 2.34. The molecule has 19 heavy (non-hydrogen) atoms. The van der Waals surface area contributed by atoms with Crippen LogP contribution >= 0.6 is 22.6 Å². The Balaban J connectivity index is 1.98. The summed E-state index contributed by atoms with van der Waals surface area (Å²) < 4.78 is 1.16. The number of nitrogen functional groups attached to an aromatic ring is 1. The van der Waals surface area contributed by atoms with E-state index in [0.29, 0.717) is 11.7 Å². The van der Waals surface area contributed by atoms with Gasteiger partial charge in [0, 0.05) is 15.1 Å². The number of hydrogen-bond acceptors (Lipinski definition) is 4. The maximum Gasteiger partial charge on any atom is 0.139 e. The molecule has 1 aromatic heterocycles. The van der Waals surface area contributed by atoms with Crippen molar-refractivity contribution in [2.24, 2.45) is 0 Å². The fourth-order valence-electron chi connectivity index (χ4n) is 1.89. The van der Waals surface area contributed by atoms with Gasteiger partial charge in [-0.25, -0.2) is 9.97 Å². The van der Waals surface area contributed by atoms with Crippen LogP contribution in [0.15, 0.2) is 24.3 Å². The lowest BCUT2D eigenvalue weighted by Crippen LogP contribution is -2.07. The van der Waals surface area contributed by atoms with Crippen LogP contribution in [0.25, 0.3) is 0 Å². The first-order chi connectivity index (χ1) is 9.15. The number of halogens is 1. The number of rotatable bonds is 3. The molecule has 0 amide bonds. The molecular formula is C14H15IN4. The second kappa shape index (κ2) is 4.96. The summed E-state index contributed by atoms with van der Waals surface area (Å²) in [6, 6.07) is 8.12. The Morgan fingerprint density at radius 1 is 1.26 bits per heavy atom. The highest BCUT2D eigenvalue weighted by Crippen LogP contribution is 2.39. The number of aromatic nitrogens is 2. The van der Waals surface area contributed by atoms with Crippen LogP contribution < -0.4 is 11.1 Å². The summed E-state index contributed by atoms with van der Waals surface area (Å²) in [6.45, 7) is 1.95. The second-order valence-electron chi connectivity index (χ2n) is 4.82. The fourth-order valence-corrected chi connectivity index (χ4v) is 2.41. The van der Waals surface area contributed by atoms with Gasteiger partial charge in [-0.3, -0.25) is 0 Å². The monoisotopic (exact) mass is 366 g/mol. The van der Waals surface area contributed by atoms with Crippen LogP contribution in [0.5, 0.6) is 0 Å². The van der Waals surface area contributed by atoms with Crippen molar-refractivity contribution in [1.82, 2.24) is 9.97 Å². The van der Waals surface area contributed by atoms with E-state index in [4.69, 9.17) is 5.73 Å². The van der Waals surface area contributed by atoms with Crippen LogP contribution in [0.3, 0.4) is 0 Å². The Kier molecular flexibility index (Phi) is 3.30. The van der Waals surface area contributed by atoms with Crippen molar-refractivity contribution < 1.29 is 0 Å². The molecule has 0 bridgehead atoms. The summed E-state index contributed by atoms with van der Waals surface area (Å²) >= 11 is 2.30. The van der Waals surface area contributed by atoms with Crippen LogP contribution in [-0.4, -0.2) is 9.97 Å². The first-order valence-electron chi connectivity index (χ1n) is 6.30. The van der Waals surface area contributed by atoms with Crippen molar-refractivity contribution in [3.8, 4) is 0 Å². The van der Waals surface area contributed by atoms with E-state index < -0.39 is 0 Å². The maximum atomic E-state index is 5.99. The smallest absolute Gasteiger partial charge is 0.139 e. The minimum atomic E-state index is 0.498. The van der Waals surface area contributed by atoms with Gasteiger partial charge in [0.1, 0.15) is 17.5 Å². The average Bonchev–Trinajstić information content (AvgIpc) is 3.21. The molecule has 0 spiro atoms. The van der Waals surface area contributed by atoms with Gasteiger partial charge in [0.05, 0.1) is 5.69 Å². The molecule has 1 aliphatic carbocycles. The summed E-state index contributed by atoms with van der Waals surface area (Å²) in [4.78, 5) is 9.01. The Labute approximate surface area is 126 Å². The van der Waals surface area contributed by atoms with Gasteiger partial charge in [-0.05, 0) is 54.5 Å². The summed E-state index contributed by atoms with van der Waals surface area (Å²) in [5, 5.41) is 3.37. The molecule has 0 radical (unpaired) electrons. The minimum Gasteiger partial charge on any atom is -0.383 e. The summed E-state index contributed by atoms with van der Waals surface area (Å²) in [5.41, 5.74) is 7.94. The van der Waals surface area contributed by atoms with Gasteiger partial charge < -0.3 is 11.1 Å². The number of nitrogens with one attached hydrogen (secondary N) is 1. The van der Waals surface area contributed by atoms with Crippen LogP contribution in [-0.2, 0) is 0 Å².